The third-order valence-corrected chi connectivity index (χ3v) is 7.07. The van der Waals surface area contributed by atoms with Gasteiger partial charge in [-0.2, -0.15) is 0 Å². The molecule has 4 aromatic rings. The minimum absolute atomic E-state index is 0.0458. The number of hydrogen-bond donors (Lipinski definition) is 0. The molecule has 4 heteroatoms. The van der Waals surface area contributed by atoms with Crippen molar-refractivity contribution in [1.29, 1.82) is 0 Å². The molecule has 0 atom stereocenters. The van der Waals surface area contributed by atoms with Crippen molar-refractivity contribution >= 4 is 16.7 Å². The van der Waals surface area contributed by atoms with Crippen molar-refractivity contribution in [1.82, 2.24) is 4.57 Å². The number of aromatic nitrogens is 1. The van der Waals surface area contributed by atoms with Crippen molar-refractivity contribution < 1.29 is 14.3 Å². The first-order chi connectivity index (χ1) is 17.2. The summed E-state index contributed by atoms with van der Waals surface area (Å²) in [5.74, 6) is 2.38. The lowest BCUT2D eigenvalue weighted by Crippen LogP contribution is -2.11. The second-order valence-corrected chi connectivity index (χ2v) is 11.0. The van der Waals surface area contributed by atoms with Crippen LogP contribution < -0.4 is 9.47 Å². The van der Waals surface area contributed by atoms with E-state index in [2.05, 4.69) is 67.8 Å². The molecule has 0 radical (unpaired) electrons. The van der Waals surface area contributed by atoms with Crippen molar-refractivity contribution in [2.45, 2.75) is 52.5 Å². The van der Waals surface area contributed by atoms with Gasteiger partial charge in [0, 0.05) is 30.5 Å². The van der Waals surface area contributed by atoms with Gasteiger partial charge in [-0.15, -0.1) is 0 Å². The topological polar surface area (TPSA) is 40.5 Å². The molecule has 0 N–H and O–H groups in total. The van der Waals surface area contributed by atoms with E-state index in [1.54, 1.807) is 14.0 Å². The van der Waals surface area contributed by atoms with Crippen LogP contribution in [-0.2, 0) is 12.0 Å². The van der Waals surface area contributed by atoms with Crippen molar-refractivity contribution in [2.24, 2.45) is 5.92 Å². The molecule has 1 saturated carbocycles. The fourth-order valence-electron chi connectivity index (χ4n) is 4.83. The smallest absolute Gasteiger partial charge is 0.176 e. The van der Waals surface area contributed by atoms with Crippen LogP contribution in [0.4, 0.5) is 0 Å². The predicted molar refractivity (Wildman–Crippen MR) is 146 cm³/mol. The van der Waals surface area contributed by atoms with Crippen LogP contribution in [0.1, 0.15) is 62.2 Å². The predicted octanol–water partition coefficient (Wildman–Crippen LogP) is 7.65. The third-order valence-electron chi connectivity index (χ3n) is 7.07. The Morgan fingerprint density at radius 3 is 2.36 bits per heavy atom. The molecule has 1 heterocycles. The molecular weight excluding hydrogens is 446 g/mol. The van der Waals surface area contributed by atoms with Crippen molar-refractivity contribution in [3.8, 4) is 22.6 Å². The van der Waals surface area contributed by atoms with Crippen LogP contribution >= 0.6 is 0 Å². The molecule has 0 aliphatic heterocycles. The third kappa shape index (κ3) is 4.90. The Kier molecular flexibility index (Phi) is 6.38. The van der Waals surface area contributed by atoms with Crippen LogP contribution in [-0.4, -0.2) is 24.1 Å². The highest BCUT2D eigenvalue weighted by Crippen LogP contribution is 2.39. The Bertz CT molecular complexity index is 1400. The molecule has 36 heavy (non-hydrogen) atoms. The number of benzene rings is 3. The summed E-state index contributed by atoms with van der Waals surface area (Å²) >= 11 is 0. The Balaban J connectivity index is 1.68. The van der Waals surface area contributed by atoms with Gasteiger partial charge in [-0.1, -0.05) is 57.2 Å². The summed E-state index contributed by atoms with van der Waals surface area (Å²) in [6, 6.07) is 22.9. The van der Waals surface area contributed by atoms with Crippen LogP contribution in [0.2, 0.25) is 0 Å². The van der Waals surface area contributed by atoms with E-state index in [0.717, 1.165) is 51.4 Å². The number of ketones is 1. The highest BCUT2D eigenvalue weighted by Gasteiger charge is 2.25. The summed E-state index contributed by atoms with van der Waals surface area (Å²) in [7, 11) is 1.67. The number of rotatable bonds is 8. The van der Waals surface area contributed by atoms with Gasteiger partial charge in [0.05, 0.1) is 24.9 Å². The van der Waals surface area contributed by atoms with Crippen molar-refractivity contribution in [3.63, 3.8) is 0 Å². The average molecular weight is 482 g/mol. The van der Waals surface area contributed by atoms with E-state index in [1.807, 2.05) is 24.3 Å². The fraction of sp³-hybridized carbons (Fsp3) is 0.344. The lowest BCUT2D eigenvalue weighted by atomic mass is 9.86. The molecule has 5 rings (SSSR count). The molecule has 4 nitrogen and oxygen atoms in total. The molecular formula is C32H35NO3. The monoisotopic (exact) mass is 481 g/mol. The van der Waals surface area contributed by atoms with E-state index in [1.165, 1.54) is 18.4 Å². The summed E-state index contributed by atoms with van der Waals surface area (Å²) < 4.78 is 13.7. The molecule has 186 valence electrons. The van der Waals surface area contributed by atoms with Gasteiger partial charge in [0.15, 0.2) is 5.78 Å². The Hall–Kier alpha value is -3.53. The van der Waals surface area contributed by atoms with Crippen LogP contribution in [0, 0.1) is 5.92 Å². The minimum atomic E-state index is 0.0458. The maximum absolute atomic E-state index is 13.2. The number of carbonyl (C=O) groups is 1. The number of hydrogen-bond acceptors (Lipinski definition) is 3. The van der Waals surface area contributed by atoms with Gasteiger partial charge in [-0.3, -0.25) is 4.79 Å². The van der Waals surface area contributed by atoms with E-state index in [9.17, 15) is 4.79 Å². The zero-order valence-electron chi connectivity index (χ0n) is 21.9. The number of carbonyl (C=O) groups excluding carboxylic acids is 1. The maximum atomic E-state index is 13.2. The number of Topliss-reactive ketones (excluding diaryl/α,β-unsaturated/α-hetero) is 1. The van der Waals surface area contributed by atoms with Gasteiger partial charge in [-0.05, 0) is 65.1 Å². The lowest BCUT2D eigenvalue weighted by Gasteiger charge is -2.19. The van der Waals surface area contributed by atoms with E-state index in [0.29, 0.717) is 12.5 Å². The first kappa shape index (κ1) is 24.2. The van der Waals surface area contributed by atoms with E-state index in [4.69, 9.17) is 9.47 Å². The molecule has 1 aliphatic carbocycles. The highest BCUT2D eigenvalue weighted by molar-refractivity contribution is 6.10. The van der Waals surface area contributed by atoms with Gasteiger partial charge in [-0.25, -0.2) is 0 Å². The number of ether oxygens (including phenoxy) is 2. The summed E-state index contributed by atoms with van der Waals surface area (Å²) in [6.07, 6.45) is 2.50. The first-order valence-corrected chi connectivity index (χ1v) is 12.8. The maximum Gasteiger partial charge on any atom is 0.176 e. The van der Waals surface area contributed by atoms with Gasteiger partial charge in [0.1, 0.15) is 11.5 Å². The van der Waals surface area contributed by atoms with Crippen LogP contribution in [0.3, 0.4) is 0 Å². The largest absolute Gasteiger partial charge is 0.497 e. The molecule has 0 amide bonds. The van der Waals surface area contributed by atoms with E-state index < -0.39 is 0 Å². The number of methoxy groups -OCH3 is 1. The lowest BCUT2D eigenvalue weighted by molar-refractivity contribution is 0.101. The molecule has 1 aliphatic rings. The normalized spacial score (nSPS) is 13.7. The molecule has 0 unspecified atom stereocenters. The second kappa shape index (κ2) is 9.50. The van der Waals surface area contributed by atoms with Gasteiger partial charge in [0.25, 0.3) is 0 Å². The second-order valence-electron chi connectivity index (χ2n) is 11.0. The van der Waals surface area contributed by atoms with Gasteiger partial charge < -0.3 is 14.0 Å². The Labute approximate surface area is 213 Å². The zero-order chi connectivity index (χ0) is 25.4. The fourth-order valence-corrected chi connectivity index (χ4v) is 4.83. The van der Waals surface area contributed by atoms with Crippen LogP contribution in [0.15, 0.2) is 66.7 Å². The molecule has 0 spiro atoms. The number of fused-ring (bicyclic) bond motifs is 1. The van der Waals surface area contributed by atoms with Crippen LogP contribution in [0.5, 0.6) is 11.5 Å². The minimum Gasteiger partial charge on any atom is -0.497 e. The molecule has 0 bridgehead atoms. The Morgan fingerprint density at radius 1 is 0.972 bits per heavy atom. The van der Waals surface area contributed by atoms with Crippen molar-refractivity contribution in [3.05, 3.63) is 83.6 Å². The summed E-state index contributed by atoms with van der Waals surface area (Å²) in [4.78, 5) is 13.2. The molecule has 0 saturated heterocycles. The van der Waals surface area contributed by atoms with Crippen LogP contribution in [0.25, 0.3) is 22.0 Å². The van der Waals surface area contributed by atoms with E-state index in [-0.39, 0.29) is 11.2 Å². The summed E-state index contributed by atoms with van der Waals surface area (Å²) in [5, 5.41) is 1.06. The Morgan fingerprint density at radius 2 is 1.72 bits per heavy atom. The highest BCUT2D eigenvalue weighted by atomic mass is 16.5. The SMILES string of the molecule is COc1cccc(Cn2c(C(C)=O)c(-c3ccc(C(C)(C)C)cc3)c3ccc(OCC4CC4)cc32)c1. The molecule has 1 aromatic heterocycles. The molecule has 3 aromatic carbocycles. The quantitative estimate of drug-likeness (QED) is 0.243. The van der Waals surface area contributed by atoms with Gasteiger partial charge >= 0.3 is 0 Å². The van der Waals surface area contributed by atoms with Crippen molar-refractivity contribution in [2.75, 3.05) is 13.7 Å². The standard InChI is InChI=1S/C32H35NO3/c1-21(34)31-30(24-11-13-25(14-12-24)32(2,3)4)28-16-15-27(36-20-22-9-10-22)18-29(28)33(31)19-23-7-6-8-26(17-23)35-5/h6-8,11-18,22H,9-10,19-20H2,1-5H3. The molecule has 1 fully saturated rings. The first-order valence-electron chi connectivity index (χ1n) is 12.8. The number of nitrogens with zero attached hydrogens (tertiary/aromatic N) is 1. The summed E-state index contributed by atoms with van der Waals surface area (Å²) in [6.45, 7) is 9.62. The van der Waals surface area contributed by atoms with E-state index >= 15 is 0 Å². The average Bonchev–Trinajstić information content (AvgIpc) is 3.64. The summed E-state index contributed by atoms with van der Waals surface area (Å²) in [5.41, 5.74) is 6.17. The van der Waals surface area contributed by atoms with Gasteiger partial charge in [0.2, 0.25) is 0 Å². The zero-order valence-corrected chi connectivity index (χ0v) is 21.9.